The molecule has 92 valence electrons. The predicted octanol–water partition coefficient (Wildman–Crippen LogP) is 0.683. The minimum absolute atomic E-state index is 0.0829. The molecule has 0 bridgehead atoms. The van der Waals surface area contributed by atoms with E-state index in [-0.39, 0.29) is 13.1 Å². The van der Waals surface area contributed by atoms with Gasteiger partial charge in [-0.25, -0.2) is 4.79 Å². The molecule has 2 amide bonds. The highest BCUT2D eigenvalue weighted by Crippen LogP contribution is 2.06. The Hall–Kier alpha value is -2.11. The SMILES string of the molecule is CC(CN(Cc1cccnc1)C(N)=O)C(=O)O. The Morgan fingerprint density at radius 3 is 2.76 bits per heavy atom. The number of pyridine rings is 1. The van der Waals surface area contributed by atoms with E-state index in [1.807, 2.05) is 0 Å². The van der Waals surface area contributed by atoms with E-state index in [0.29, 0.717) is 0 Å². The molecular formula is C11H15N3O3. The second-order valence-corrected chi connectivity index (χ2v) is 3.82. The number of aliphatic carboxylic acids is 1. The maximum Gasteiger partial charge on any atom is 0.315 e. The second-order valence-electron chi connectivity index (χ2n) is 3.82. The van der Waals surface area contributed by atoms with Crippen molar-refractivity contribution in [2.75, 3.05) is 6.54 Å². The molecule has 17 heavy (non-hydrogen) atoms. The number of carbonyl (C=O) groups excluding carboxylic acids is 1. The Kier molecular flexibility index (Phi) is 4.45. The monoisotopic (exact) mass is 237 g/mol. The Bertz CT molecular complexity index is 394. The molecule has 1 heterocycles. The van der Waals surface area contributed by atoms with Crippen molar-refractivity contribution in [1.82, 2.24) is 9.88 Å². The number of hydrogen-bond donors (Lipinski definition) is 2. The molecule has 0 aliphatic heterocycles. The number of carboxylic acid groups (broad SMARTS) is 1. The summed E-state index contributed by atoms with van der Waals surface area (Å²) in [6, 6.07) is 2.91. The summed E-state index contributed by atoms with van der Waals surface area (Å²) in [5.74, 6) is -1.61. The first-order chi connectivity index (χ1) is 8.00. The highest BCUT2D eigenvalue weighted by Gasteiger charge is 2.18. The number of nitrogens with zero attached hydrogens (tertiary/aromatic N) is 2. The molecule has 0 saturated heterocycles. The van der Waals surface area contributed by atoms with Crippen LogP contribution in [0.25, 0.3) is 0 Å². The summed E-state index contributed by atoms with van der Waals surface area (Å²) in [5, 5.41) is 8.79. The van der Waals surface area contributed by atoms with Crippen molar-refractivity contribution in [3.05, 3.63) is 30.1 Å². The van der Waals surface area contributed by atoms with Gasteiger partial charge in [0.15, 0.2) is 0 Å². The molecule has 0 aromatic carbocycles. The molecule has 0 spiro atoms. The van der Waals surface area contributed by atoms with Crippen molar-refractivity contribution >= 4 is 12.0 Å². The molecule has 0 aliphatic carbocycles. The van der Waals surface area contributed by atoms with Crippen LogP contribution in [0, 0.1) is 5.92 Å². The normalized spacial score (nSPS) is 11.8. The average Bonchev–Trinajstić information content (AvgIpc) is 2.29. The molecule has 6 nitrogen and oxygen atoms in total. The lowest BCUT2D eigenvalue weighted by molar-refractivity contribution is -0.141. The fourth-order valence-electron chi connectivity index (χ4n) is 1.35. The van der Waals surface area contributed by atoms with Gasteiger partial charge in [-0.15, -0.1) is 0 Å². The lowest BCUT2D eigenvalue weighted by atomic mass is 10.1. The maximum absolute atomic E-state index is 11.2. The molecule has 6 heteroatoms. The van der Waals surface area contributed by atoms with Crippen molar-refractivity contribution in [3.63, 3.8) is 0 Å². The van der Waals surface area contributed by atoms with E-state index in [0.717, 1.165) is 5.56 Å². The topological polar surface area (TPSA) is 96.5 Å². The Balaban J connectivity index is 2.67. The minimum atomic E-state index is -0.956. The standard InChI is InChI=1S/C11H15N3O3/c1-8(10(15)16)6-14(11(12)17)7-9-3-2-4-13-5-9/h2-5,8H,6-7H2,1H3,(H2,12,17)(H,15,16). The summed E-state index contributed by atoms with van der Waals surface area (Å²) in [7, 11) is 0. The predicted molar refractivity (Wildman–Crippen MR) is 61.0 cm³/mol. The van der Waals surface area contributed by atoms with Crippen LogP contribution in [0.1, 0.15) is 12.5 Å². The molecule has 0 saturated carbocycles. The Labute approximate surface area is 99.1 Å². The van der Waals surface area contributed by atoms with Gasteiger partial charge in [-0.05, 0) is 11.6 Å². The summed E-state index contributed by atoms with van der Waals surface area (Å²) < 4.78 is 0. The number of aromatic nitrogens is 1. The number of amides is 2. The van der Waals surface area contributed by atoms with E-state index >= 15 is 0 Å². The Morgan fingerprint density at radius 1 is 1.59 bits per heavy atom. The Morgan fingerprint density at radius 2 is 2.29 bits per heavy atom. The first-order valence-electron chi connectivity index (χ1n) is 5.16. The van der Waals surface area contributed by atoms with E-state index in [1.165, 1.54) is 11.8 Å². The second kappa shape index (κ2) is 5.83. The number of nitrogens with two attached hydrogens (primary N) is 1. The minimum Gasteiger partial charge on any atom is -0.481 e. The third-order valence-electron chi connectivity index (χ3n) is 2.32. The summed E-state index contributed by atoms with van der Waals surface area (Å²) in [4.78, 5) is 27.1. The van der Waals surface area contributed by atoms with Crippen LogP contribution in [0.4, 0.5) is 4.79 Å². The lowest BCUT2D eigenvalue weighted by Crippen LogP contribution is -2.39. The van der Waals surface area contributed by atoms with Crippen molar-refractivity contribution in [2.45, 2.75) is 13.5 Å². The van der Waals surface area contributed by atoms with E-state index in [9.17, 15) is 9.59 Å². The van der Waals surface area contributed by atoms with Gasteiger partial charge in [0.25, 0.3) is 0 Å². The van der Waals surface area contributed by atoms with Gasteiger partial charge in [0.2, 0.25) is 0 Å². The van der Waals surface area contributed by atoms with Crippen LogP contribution in [-0.2, 0) is 11.3 Å². The molecule has 1 aromatic rings. The summed E-state index contributed by atoms with van der Waals surface area (Å²) >= 11 is 0. The van der Waals surface area contributed by atoms with Crippen molar-refractivity contribution in [2.24, 2.45) is 11.7 Å². The summed E-state index contributed by atoms with van der Waals surface area (Å²) in [5.41, 5.74) is 6.02. The van der Waals surface area contributed by atoms with Gasteiger partial charge in [0, 0.05) is 25.5 Å². The van der Waals surface area contributed by atoms with Crippen LogP contribution in [0.15, 0.2) is 24.5 Å². The van der Waals surface area contributed by atoms with Crippen LogP contribution in [-0.4, -0.2) is 33.5 Å². The number of urea groups is 1. The van der Waals surface area contributed by atoms with E-state index < -0.39 is 17.9 Å². The third kappa shape index (κ3) is 4.10. The van der Waals surface area contributed by atoms with Crippen molar-refractivity contribution in [1.29, 1.82) is 0 Å². The number of carboxylic acids is 1. The van der Waals surface area contributed by atoms with Crippen molar-refractivity contribution in [3.8, 4) is 0 Å². The van der Waals surface area contributed by atoms with Gasteiger partial charge < -0.3 is 15.7 Å². The van der Waals surface area contributed by atoms with Gasteiger partial charge in [0.05, 0.1) is 5.92 Å². The first-order valence-corrected chi connectivity index (χ1v) is 5.16. The van der Waals surface area contributed by atoms with E-state index in [1.54, 1.807) is 24.5 Å². The molecule has 0 radical (unpaired) electrons. The van der Waals surface area contributed by atoms with Crippen LogP contribution < -0.4 is 5.73 Å². The van der Waals surface area contributed by atoms with Crippen molar-refractivity contribution < 1.29 is 14.7 Å². The highest BCUT2D eigenvalue weighted by molar-refractivity contribution is 5.74. The van der Waals surface area contributed by atoms with Crippen LogP contribution in [0.3, 0.4) is 0 Å². The van der Waals surface area contributed by atoms with Gasteiger partial charge in [-0.3, -0.25) is 9.78 Å². The molecule has 0 fully saturated rings. The van der Waals surface area contributed by atoms with Gasteiger partial charge in [0.1, 0.15) is 0 Å². The third-order valence-corrected chi connectivity index (χ3v) is 2.32. The molecule has 1 unspecified atom stereocenters. The summed E-state index contributed by atoms with van der Waals surface area (Å²) in [6.45, 7) is 1.88. The molecule has 1 atom stereocenters. The van der Waals surface area contributed by atoms with Crippen LogP contribution in [0.5, 0.6) is 0 Å². The average molecular weight is 237 g/mol. The molecule has 1 rings (SSSR count). The van der Waals surface area contributed by atoms with E-state index in [2.05, 4.69) is 4.98 Å². The molecular weight excluding hydrogens is 222 g/mol. The fraction of sp³-hybridized carbons (Fsp3) is 0.364. The molecule has 1 aromatic heterocycles. The van der Waals surface area contributed by atoms with Crippen LogP contribution in [0.2, 0.25) is 0 Å². The van der Waals surface area contributed by atoms with Crippen LogP contribution >= 0.6 is 0 Å². The van der Waals surface area contributed by atoms with Gasteiger partial charge in [-0.1, -0.05) is 13.0 Å². The van der Waals surface area contributed by atoms with Gasteiger partial charge in [-0.2, -0.15) is 0 Å². The smallest absolute Gasteiger partial charge is 0.315 e. The zero-order valence-electron chi connectivity index (χ0n) is 9.54. The molecule has 0 aliphatic rings. The maximum atomic E-state index is 11.2. The number of hydrogen-bond acceptors (Lipinski definition) is 3. The number of carbonyl (C=O) groups is 2. The molecule has 3 N–H and O–H groups in total. The zero-order valence-corrected chi connectivity index (χ0v) is 9.54. The zero-order chi connectivity index (χ0) is 12.8. The quantitative estimate of drug-likeness (QED) is 0.787. The number of rotatable bonds is 5. The highest BCUT2D eigenvalue weighted by atomic mass is 16.4. The van der Waals surface area contributed by atoms with E-state index in [4.69, 9.17) is 10.8 Å². The lowest BCUT2D eigenvalue weighted by Gasteiger charge is -2.22. The summed E-state index contributed by atoms with van der Waals surface area (Å²) in [6.07, 6.45) is 3.24. The number of primary amides is 1. The fourth-order valence-corrected chi connectivity index (χ4v) is 1.35. The van der Waals surface area contributed by atoms with Gasteiger partial charge >= 0.3 is 12.0 Å². The largest absolute Gasteiger partial charge is 0.481 e. The first kappa shape index (κ1) is 13.0.